The monoisotopic (exact) mass is 482 g/mol. The van der Waals surface area contributed by atoms with E-state index in [1.54, 1.807) is 42.5 Å². The Morgan fingerprint density at radius 3 is 2.31 bits per heavy atom. The number of benzene rings is 2. The van der Waals surface area contributed by atoms with E-state index >= 15 is 0 Å². The van der Waals surface area contributed by atoms with Crippen LogP contribution in [0.15, 0.2) is 103 Å². The van der Waals surface area contributed by atoms with Crippen molar-refractivity contribution < 1.29 is 19.1 Å². The van der Waals surface area contributed by atoms with Crippen LogP contribution in [-0.2, 0) is 10.3 Å². The lowest BCUT2D eigenvalue weighted by Crippen LogP contribution is -2.40. The Hall–Kier alpha value is -4.69. The molecule has 0 radical (unpaired) electrons. The predicted octanol–water partition coefficient (Wildman–Crippen LogP) is 4.59. The number of hydrazine groups is 1. The van der Waals surface area contributed by atoms with Crippen LogP contribution in [0.4, 0.5) is 0 Å². The first kappa shape index (κ1) is 24.4. The van der Waals surface area contributed by atoms with E-state index in [1.165, 1.54) is 0 Å². The van der Waals surface area contributed by atoms with Crippen molar-refractivity contribution >= 4 is 17.5 Å². The molecule has 1 unspecified atom stereocenters. The SMILES string of the molecule is C=C(/C=C\C=C/C)c1cc(C(=O)Oc2ccc(OC(=O)C3=CC(C)(c4ccccc4)NN3)cc2)[nH]n1. The lowest BCUT2D eigenvalue weighted by molar-refractivity contribution is -0.130. The quantitative estimate of drug-likeness (QED) is 0.245. The number of hydrogen-bond donors (Lipinski definition) is 3. The maximum absolute atomic E-state index is 12.6. The second kappa shape index (κ2) is 10.7. The van der Waals surface area contributed by atoms with Gasteiger partial charge in [0.25, 0.3) is 0 Å². The average Bonchev–Trinajstić information content (AvgIpc) is 3.54. The molecule has 1 atom stereocenters. The Kier molecular flexibility index (Phi) is 7.27. The molecule has 1 aromatic heterocycles. The highest BCUT2D eigenvalue weighted by Crippen LogP contribution is 2.27. The van der Waals surface area contributed by atoms with Gasteiger partial charge >= 0.3 is 11.9 Å². The van der Waals surface area contributed by atoms with E-state index < -0.39 is 17.5 Å². The lowest BCUT2D eigenvalue weighted by Gasteiger charge is -2.22. The van der Waals surface area contributed by atoms with Crippen molar-refractivity contribution in [3.8, 4) is 11.5 Å². The fraction of sp³-hybridized carbons (Fsp3) is 0.107. The van der Waals surface area contributed by atoms with Crippen LogP contribution < -0.4 is 20.3 Å². The van der Waals surface area contributed by atoms with E-state index in [4.69, 9.17) is 9.47 Å². The second-order valence-corrected chi connectivity index (χ2v) is 8.20. The molecule has 2 heterocycles. The molecule has 0 amide bonds. The standard InChI is InChI=1S/C28H26N4O4/c1-4-5-7-10-19(2)23-17-24(30-29-23)26(33)35-21-13-15-22(16-14-21)36-27(34)25-18-28(3,32-31-25)20-11-8-6-9-12-20/h4-18,31-32H,2H2,1,3H3,(H,29,30)/b5-4-,10-7-. The van der Waals surface area contributed by atoms with Gasteiger partial charge in [0.1, 0.15) is 22.9 Å². The van der Waals surface area contributed by atoms with Gasteiger partial charge in [-0.1, -0.05) is 61.2 Å². The Balaban J connectivity index is 1.35. The third-order valence-corrected chi connectivity index (χ3v) is 5.46. The van der Waals surface area contributed by atoms with Gasteiger partial charge in [0, 0.05) is 0 Å². The summed E-state index contributed by atoms with van der Waals surface area (Å²) >= 11 is 0. The number of ether oxygens (including phenoxy) is 2. The van der Waals surface area contributed by atoms with Crippen LogP contribution in [0.2, 0.25) is 0 Å². The Morgan fingerprint density at radius 1 is 0.972 bits per heavy atom. The molecule has 0 spiro atoms. The van der Waals surface area contributed by atoms with Crippen LogP contribution in [0.1, 0.15) is 35.6 Å². The van der Waals surface area contributed by atoms with Crippen molar-refractivity contribution in [2.45, 2.75) is 19.4 Å². The van der Waals surface area contributed by atoms with Crippen LogP contribution in [0.25, 0.3) is 5.57 Å². The first-order valence-corrected chi connectivity index (χ1v) is 11.3. The molecule has 0 saturated heterocycles. The molecule has 2 aromatic carbocycles. The van der Waals surface area contributed by atoms with Gasteiger partial charge in [-0.2, -0.15) is 5.10 Å². The number of aromatic amines is 1. The highest BCUT2D eigenvalue weighted by atomic mass is 16.5. The van der Waals surface area contributed by atoms with Crippen molar-refractivity contribution in [3.63, 3.8) is 0 Å². The number of hydrogen-bond acceptors (Lipinski definition) is 7. The molecule has 182 valence electrons. The third-order valence-electron chi connectivity index (χ3n) is 5.46. The number of carbonyl (C=O) groups is 2. The number of esters is 2. The molecule has 4 rings (SSSR count). The summed E-state index contributed by atoms with van der Waals surface area (Å²) in [6, 6.07) is 17.5. The number of rotatable bonds is 8. The van der Waals surface area contributed by atoms with Gasteiger partial charge in [-0.05, 0) is 61.4 Å². The molecule has 36 heavy (non-hydrogen) atoms. The van der Waals surface area contributed by atoms with Crippen LogP contribution in [0.3, 0.4) is 0 Å². The molecule has 0 aliphatic carbocycles. The largest absolute Gasteiger partial charge is 0.422 e. The van der Waals surface area contributed by atoms with Crippen LogP contribution in [0, 0.1) is 0 Å². The second-order valence-electron chi connectivity index (χ2n) is 8.20. The zero-order valence-corrected chi connectivity index (χ0v) is 19.9. The van der Waals surface area contributed by atoms with Crippen LogP contribution >= 0.6 is 0 Å². The molecule has 0 bridgehead atoms. The van der Waals surface area contributed by atoms with Gasteiger partial charge < -0.3 is 14.9 Å². The summed E-state index contributed by atoms with van der Waals surface area (Å²) in [4.78, 5) is 25.1. The Morgan fingerprint density at radius 2 is 1.64 bits per heavy atom. The minimum atomic E-state index is -0.602. The highest BCUT2D eigenvalue weighted by Gasteiger charge is 2.32. The average molecular weight is 483 g/mol. The normalized spacial score (nSPS) is 17.1. The first-order chi connectivity index (χ1) is 17.4. The van der Waals surface area contributed by atoms with Gasteiger partial charge in [0.2, 0.25) is 0 Å². The maximum atomic E-state index is 12.6. The molecule has 0 fully saturated rings. The molecule has 1 aliphatic heterocycles. The molecule has 8 heteroatoms. The molecule has 1 aliphatic rings. The van der Waals surface area contributed by atoms with Crippen molar-refractivity contribution in [3.05, 3.63) is 120 Å². The minimum absolute atomic E-state index is 0.189. The molecule has 3 N–H and O–H groups in total. The van der Waals surface area contributed by atoms with Crippen molar-refractivity contribution in [1.29, 1.82) is 0 Å². The molecule has 8 nitrogen and oxygen atoms in total. The van der Waals surface area contributed by atoms with E-state index in [-0.39, 0.29) is 5.69 Å². The number of H-pyrrole nitrogens is 1. The smallest absolute Gasteiger partial charge is 0.361 e. The number of nitrogens with one attached hydrogen (secondary N) is 3. The van der Waals surface area contributed by atoms with Gasteiger partial charge in [0.15, 0.2) is 0 Å². The number of allylic oxidation sites excluding steroid dienone is 5. The summed E-state index contributed by atoms with van der Waals surface area (Å²) in [5.74, 6) is -0.543. The number of aromatic nitrogens is 2. The molecular weight excluding hydrogens is 456 g/mol. The molecular formula is C28H26N4O4. The van der Waals surface area contributed by atoms with E-state index in [9.17, 15) is 9.59 Å². The summed E-state index contributed by atoms with van der Waals surface area (Å²) in [5, 5.41) is 6.76. The highest BCUT2D eigenvalue weighted by molar-refractivity contribution is 5.91. The Bertz CT molecular complexity index is 1350. The third kappa shape index (κ3) is 5.68. The predicted molar refractivity (Wildman–Crippen MR) is 137 cm³/mol. The van der Waals surface area contributed by atoms with E-state index in [0.29, 0.717) is 28.5 Å². The van der Waals surface area contributed by atoms with Crippen molar-refractivity contribution in [1.82, 2.24) is 21.0 Å². The number of nitrogens with zero attached hydrogens (tertiary/aromatic N) is 1. The van der Waals surface area contributed by atoms with Gasteiger partial charge in [-0.15, -0.1) is 0 Å². The summed E-state index contributed by atoms with van der Waals surface area (Å²) in [6.07, 6.45) is 9.17. The van der Waals surface area contributed by atoms with Crippen LogP contribution in [0.5, 0.6) is 11.5 Å². The van der Waals surface area contributed by atoms with E-state index in [1.807, 2.05) is 62.4 Å². The summed E-state index contributed by atoms with van der Waals surface area (Å²) in [7, 11) is 0. The minimum Gasteiger partial charge on any atom is -0.422 e. The first-order valence-electron chi connectivity index (χ1n) is 11.3. The molecule has 3 aromatic rings. The van der Waals surface area contributed by atoms with Gasteiger partial charge in [-0.3, -0.25) is 5.10 Å². The van der Waals surface area contributed by atoms with Gasteiger partial charge in [0.05, 0.1) is 11.2 Å². The maximum Gasteiger partial charge on any atom is 0.361 e. The topological polar surface area (TPSA) is 105 Å². The van der Waals surface area contributed by atoms with E-state index in [0.717, 1.165) is 5.56 Å². The zero-order chi connectivity index (χ0) is 25.5. The summed E-state index contributed by atoms with van der Waals surface area (Å²) in [5.41, 5.74) is 8.14. The number of carbonyl (C=O) groups excluding carboxylic acids is 2. The zero-order valence-electron chi connectivity index (χ0n) is 19.9. The summed E-state index contributed by atoms with van der Waals surface area (Å²) in [6.45, 7) is 7.80. The van der Waals surface area contributed by atoms with Crippen molar-refractivity contribution in [2.24, 2.45) is 0 Å². The van der Waals surface area contributed by atoms with Crippen molar-refractivity contribution in [2.75, 3.05) is 0 Å². The lowest BCUT2D eigenvalue weighted by atomic mass is 9.93. The van der Waals surface area contributed by atoms with Gasteiger partial charge in [-0.25, -0.2) is 15.0 Å². The van der Waals surface area contributed by atoms with E-state index in [2.05, 4.69) is 27.6 Å². The Labute approximate surface area is 209 Å². The van der Waals surface area contributed by atoms with Crippen LogP contribution in [-0.4, -0.2) is 22.1 Å². The summed E-state index contributed by atoms with van der Waals surface area (Å²) < 4.78 is 10.8. The fourth-order valence-corrected chi connectivity index (χ4v) is 3.47. The molecule has 0 saturated carbocycles. The fourth-order valence-electron chi connectivity index (χ4n) is 3.47.